The minimum Gasteiger partial charge on any atom is -0.388 e. The minimum atomic E-state index is -0.312. The highest BCUT2D eigenvalue weighted by atomic mass is 16.3. The van der Waals surface area contributed by atoms with Gasteiger partial charge in [0.15, 0.2) is 0 Å². The molecule has 0 spiro atoms. The summed E-state index contributed by atoms with van der Waals surface area (Å²) in [5, 5.41) is 14.7. The molecule has 0 bridgehead atoms. The van der Waals surface area contributed by atoms with Crippen LogP contribution in [0.3, 0.4) is 0 Å². The van der Waals surface area contributed by atoms with Crippen LogP contribution in [0.25, 0.3) is 0 Å². The molecule has 0 aromatic carbocycles. The topological polar surface area (TPSA) is 38.0 Å². The number of rotatable bonds is 3. The van der Waals surface area contributed by atoms with Crippen molar-refractivity contribution < 1.29 is 5.11 Å². The number of aryl methyl sites for hydroxylation is 1. The maximum Gasteiger partial charge on any atom is 0.0848 e. The van der Waals surface area contributed by atoms with E-state index < -0.39 is 0 Å². The van der Waals surface area contributed by atoms with Crippen LogP contribution in [0.15, 0.2) is 12.4 Å². The van der Waals surface area contributed by atoms with Crippen molar-refractivity contribution in [2.45, 2.75) is 64.5 Å². The number of hydrogen-bond donors (Lipinski definition) is 1. The molecule has 0 aliphatic heterocycles. The minimum absolute atomic E-state index is 0.312. The van der Waals surface area contributed by atoms with Crippen molar-refractivity contribution in [2.75, 3.05) is 0 Å². The lowest BCUT2D eigenvalue weighted by Gasteiger charge is -2.24. The van der Waals surface area contributed by atoms with Crippen LogP contribution in [0.5, 0.6) is 0 Å². The van der Waals surface area contributed by atoms with Crippen LogP contribution in [0.1, 0.15) is 63.5 Å². The molecule has 3 heteroatoms. The zero-order chi connectivity index (χ0) is 12.1. The molecule has 1 aliphatic carbocycles. The Labute approximate surface area is 104 Å². The van der Waals surface area contributed by atoms with Gasteiger partial charge in [0.05, 0.1) is 12.3 Å². The molecule has 1 saturated carbocycles. The molecule has 0 amide bonds. The summed E-state index contributed by atoms with van der Waals surface area (Å²) in [6, 6.07) is 0. The summed E-state index contributed by atoms with van der Waals surface area (Å²) in [6.45, 7) is 2.94. The highest BCUT2D eigenvalue weighted by molar-refractivity contribution is 5.09. The van der Waals surface area contributed by atoms with Crippen LogP contribution >= 0.6 is 0 Å². The molecule has 17 heavy (non-hydrogen) atoms. The lowest BCUT2D eigenvalue weighted by molar-refractivity contribution is 0.0912. The SMILES string of the molecule is CCn1cc(C(O)C2CCCCCCC2)cn1. The highest BCUT2D eigenvalue weighted by Crippen LogP contribution is 2.32. The van der Waals surface area contributed by atoms with Crippen LogP contribution in [-0.2, 0) is 6.54 Å². The van der Waals surface area contributed by atoms with E-state index in [1.807, 2.05) is 17.1 Å². The van der Waals surface area contributed by atoms with Crippen molar-refractivity contribution in [1.82, 2.24) is 9.78 Å². The van der Waals surface area contributed by atoms with E-state index in [1.165, 1.54) is 44.9 Å². The van der Waals surface area contributed by atoms with Gasteiger partial charge in [-0.25, -0.2) is 0 Å². The molecular weight excluding hydrogens is 212 g/mol. The van der Waals surface area contributed by atoms with Gasteiger partial charge < -0.3 is 5.11 Å². The first-order valence-electron chi connectivity index (χ1n) is 7.01. The van der Waals surface area contributed by atoms with Crippen LogP contribution in [0.2, 0.25) is 0 Å². The number of aliphatic hydroxyl groups excluding tert-OH is 1. The van der Waals surface area contributed by atoms with Crippen LogP contribution in [-0.4, -0.2) is 14.9 Å². The van der Waals surface area contributed by atoms with Gasteiger partial charge in [0.25, 0.3) is 0 Å². The van der Waals surface area contributed by atoms with E-state index in [-0.39, 0.29) is 6.10 Å². The standard InChI is InChI=1S/C14H24N2O/c1-2-16-11-13(10-15-16)14(17)12-8-6-4-3-5-7-9-12/h10-12,14,17H,2-9H2,1H3. The van der Waals surface area contributed by atoms with E-state index in [9.17, 15) is 5.11 Å². The second-order valence-corrected chi connectivity index (χ2v) is 5.18. The second kappa shape index (κ2) is 6.20. The smallest absolute Gasteiger partial charge is 0.0848 e. The third-order valence-corrected chi connectivity index (χ3v) is 3.92. The van der Waals surface area contributed by atoms with Gasteiger partial charge >= 0.3 is 0 Å². The molecule has 1 atom stereocenters. The van der Waals surface area contributed by atoms with E-state index in [1.54, 1.807) is 0 Å². The number of aliphatic hydroxyl groups is 1. The predicted octanol–water partition coefficient (Wildman–Crippen LogP) is 3.30. The Bertz CT molecular complexity index is 327. The Morgan fingerprint density at radius 3 is 2.53 bits per heavy atom. The van der Waals surface area contributed by atoms with Gasteiger partial charge in [-0.3, -0.25) is 4.68 Å². The van der Waals surface area contributed by atoms with Gasteiger partial charge in [-0.1, -0.05) is 32.1 Å². The lowest BCUT2D eigenvalue weighted by Crippen LogP contribution is -2.14. The molecule has 1 aliphatic rings. The maximum absolute atomic E-state index is 10.4. The average molecular weight is 236 g/mol. The largest absolute Gasteiger partial charge is 0.388 e. The maximum atomic E-state index is 10.4. The Hall–Kier alpha value is -0.830. The monoisotopic (exact) mass is 236 g/mol. The van der Waals surface area contributed by atoms with Gasteiger partial charge in [-0.15, -0.1) is 0 Å². The second-order valence-electron chi connectivity index (χ2n) is 5.18. The highest BCUT2D eigenvalue weighted by Gasteiger charge is 2.22. The van der Waals surface area contributed by atoms with Crippen molar-refractivity contribution in [3.63, 3.8) is 0 Å². The first kappa shape index (κ1) is 12.6. The van der Waals surface area contributed by atoms with Gasteiger partial charge in [0.1, 0.15) is 0 Å². The van der Waals surface area contributed by atoms with Crippen molar-refractivity contribution in [2.24, 2.45) is 5.92 Å². The molecule has 1 aromatic rings. The Morgan fingerprint density at radius 1 is 1.29 bits per heavy atom. The molecule has 0 saturated heterocycles. The molecule has 2 rings (SSSR count). The van der Waals surface area contributed by atoms with Crippen LogP contribution in [0, 0.1) is 5.92 Å². The molecule has 1 aromatic heterocycles. The molecular formula is C14H24N2O. The van der Waals surface area contributed by atoms with Crippen molar-refractivity contribution in [1.29, 1.82) is 0 Å². The Morgan fingerprint density at radius 2 is 1.94 bits per heavy atom. The molecule has 1 heterocycles. The molecule has 96 valence electrons. The zero-order valence-electron chi connectivity index (χ0n) is 10.8. The van der Waals surface area contributed by atoms with E-state index in [4.69, 9.17) is 0 Å². The van der Waals surface area contributed by atoms with Gasteiger partial charge in [-0.2, -0.15) is 5.10 Å². The molecule has 3 nitrogen and oxygen atoms in total. The molecule has 0 radical (unpaired) electrons. The lowest BCUT2D eigenvalue weighted by atomic mass is 9.85. The van der Waals surface area contributed by atoms with Crippen LogP contribution in [0.4, 0.5) is 0 Å². The average Bonchev–Trinajstić information content (AvgIpc) is 2.76. The summed E-state index contributed by atoms with van der Waals surface area (Å²) in [5.41, 5.74) is 0.998. The third kappa shape index (κ3) is 3.32. The van der Waals surface area contributed by atoms with E-state index >= 15 is 0 Å². The molecule has 1 N–H and O–H groups in total. The quantitative estimate of drug-likeness (QED) is 0.874. The van der Waals surface area contributed by atoms with Crippen LogP contribution < -0.4 is 0 Å². The predicted molar refractivity (Wildman–Crippen MR) is 68.7 cm³/mol. The fourth-order valence-corrected chi connectivity index (χ4v) is 2.78. The third-order valence-electron chi connectivity index (χ3n) is 3.92. The number of hydrogen-bond acceptors (Lipinski definition) is 2. The summed E-state index contributed by atoms with van der Waals surface area (Å²) in [4.78, 5) is 0. The van der Waals surface area contributed by atoms with Gasteiger partial charge in [0, 0.05) is 18.3 Å². The number of aromatic nitrogens is 2. The zero-order valence-corrected chi connectivity index (χ0v) is 10.8. The summed E-state index contributed by atoms with van der Waals surface area (Å²) < 4.78 is 1.89. The fraction of sp³-hybridized carbons (Fsp3) is 0.786. The van der Waals surface area contributed by atoms with Gasteiger partial charge in [-0.05, 0) is 25.7 Å². The van der Waals surface area contributed by atoms with Crippen molar-refractivity contribution in [3.8, 4) is 0 Å². The summed E-state index contributed by atoms with van der Waals surface area (Å²) in [6.07, 6.45) is 12.4. The van der Waals surface area contributed by atoms with Crippen molar-refractivity contribution in [3.05, 3.63) is 18.0 Å². The summed E-state index contributed by atoms with van der Waals surface area (Å²) >= 11 is 0. The fourth-order valence-electron chi connectivity index (χ4n) is 2.78. The van der Waals surface area contributed by atoms with Gasteiger partial charge in [0.2, 0.25) is 0 Å². The number of nitrogens with zero attached hydrogens (tertiary/aromatic N) is 2. The summed E-state index contributed by atoms with van der Waals surface area (Å²) in [7, 11) is 0. The molecule has 1 fully saturated rings. The Kier molecular flexibility index (Phi) is 4.60. The Balaban J connectivity index is 1.98. The van der Waals surface area contributed by atoms with E-state index in [0.29, 0.717) is 5.92 Å². The van der Waals surface area contributed by atoms with E-state index in [0.717, 1.165) is 12.1 Å². The van der Waals surface area contributed by atoms with Crippen molar-refractivity contribution >= 4 is 0 Å². The first-order chi connectivity index (χ1) is 8.31. The van der Waals surface area contributed by atoms with E-state index in [2.05, 4.69) is 12.0 Å². The normalized spacial score (nSPS) is 20.8. The molecule has 1 unspecified atom stereocenters. The first-order valence-corrected chi connectivity index (χ1v) is 7.01. The summed E-state index contributed by atoms with van der Waals surface area (Å²) in [5.74, 6) is 0.435.